The van der Waals surface area contributed by atoms with Crippen LogP contribution >= 0.6 is 11.6 Å². The van der Waals surface area contributed by atoms with E-state index in [2.05, 4.69) is 5.32 Å². The maximum absolute atomic E-state index is 10.8. The minimum absolute atomic E-state index is 0.576. The zero-order valence-electron chi connectivity index (χ0n) is 6.75. The molecule has 4 heteroatoms. The van der Waals surface area contributed by atoms with Crippen molar-refractivity contribution >= 4 is 17.6 Å². The third kappa shape index (κ3) is 1.41. The lowest BCUT2D eigenvalue weighted by molar-refractivity contribution is -0.139. The van der Waals surface area contributed by atoms with E-state index in [0.717, 1.165) is 11.1 Å². The van der Waals surface area contributed by atoms with Crippen LogP contribution in [-0.4, -0.2) is 11.1 Å². The molecule has 0 spiro atoms. The summed E-state index contributed by atoms with van der Waals surface area (Å²) in [5, 5.41) is 12.4. The second kappa shape index (κ2) is 3.01. The molecular weight excluding hydrogens is 190 g/mol. The number of carboxylic acids is 1. The van der Waals surface area contributed by atoms with E-state index in [4.69, 9.17) is 16.7 Å². The van der Waals surface area contributed by atoms with E-state index < -0.39 is 12.0 Å². The van der Waals surface area contributed by atoms with Gasteiger partial charge < -0.3 is 5.11 Å². The highest BCUT2D eigenvalue weighted by Crippen LogP contribution is 2.27. The van der Waals surface area contributed by atoms with Crippen LogP contribution in [0.4, 0.5) is 0 Å². The van der Waals surface area contributed by atoms with Crippen molar-refractivity contribution < 1.29 is 9.90 Å². The van der Waals surface area contributed by atoms with Crippen LogP contribution in [0.1, 0.15) is 17.2 Å². The number of rotatable bonds is 1. The number of carbonyl (C=O) groups is 1. The van der Waals surface area contributed by atoms with Gasteiger partial charge in [-0.1, -0.05) is 17.7 Å². The van der Waals surface area contributed by atoms with Crippen LogP contribution in [0.25, 0.3) is 0 Å². The van der Waals surface area contributed by atoms with Gasteiger partial charge in [0, 0.05) is 11.6 Å². The Morgan fingerprint density at radius 3 is 3.08 bits per heavy atom. The van der Waals surface area contributed by atoms with Gasteiger partial charge in [-0.25, -0.2) is 0 Å². The summed E-state index contributed by atoms with van der Waals surface area (Å²) in [6.45, 7) is 0.576. The molecule has 2 rings (SSSR count). The fraction of sp³-hybridized carbons (Fsp3) is 0.222. The number of nitrogens with one attached hydrogen (secondary N) is 1. The van der Waals surface area contributed by atoms with Gasteiger partial charge in [-0.3, -0.25) is 10.1 Å². The Kier molecular flexibility index (Phi) is 1.98. The lowest BCUT2D eigenvalue weighted by Crippen LogP contribution is -2.21. The zero-order valence-corrected chi connectivity index (χ0v) is 7.51. The summed E-state index contributed by atoms with van der Waals surface area (Å²) in [6.07, 6.45) is 0. The van der Waals surface area contributed by atoms with E-state index in [0.29, 0.717) is 11.6 Å². The second-order valence-electron chi connectivity index (χ2n) is 3.00. The van der Waals surface area contributed by atoms with Crippen molar-refractivity contribution in [2.75, 3.05) is 0 Å². The van der Waals surface area contributed by atoms with Gasteiger partial charge in [0.25, 0.3) is 0 Å². The second-order valence-corrected chi connectivity index (χ2v) is 3.43. The van der Waals surface area contributed by atoms with Crippen LogP contribution in [0.15, 0.2) is 18.2 Å². The van der Waals surface area contributed by atoms with Crippen LogP contribution in [0.5, 0.6) is 0 Å². The Morgan fingerprint density at radius 1 is 1.62 bits per heavy atom. The van der Waals surface area contributed by atoms with Gasteiger partial charge in [-0.2, -0.15) is 0 Å². The molecule has 0 saturated heterocycles. The molecule has 3 nitrogen and oxygen atoms in total. The van der Waals surface area contributed by atoms with Gasteiger partial charge in [-0.05, 0) is 23.3 Å². The lowest BCUT2D eigenvalue weighted by atomic mass is 10.1. The molecule has 0 saturated carbocycles. The number of aliphatic carboxylic acids is 1. The summed E-state index contributed by atoms with van der Waals surface area (Å²) >= 11 is 5.78. The average molecular weight is 198 g/mol. The highest BCUT2D eigenvalue weighted by molar-refractivity contribution is 6.30. The van der Waals surface area contributed by atoms with Gasteiger partial charge in [0.15, 0.2) is 0 Å². The molecule has 2 N–H and O–H groups in total. The Morgan fingerprint density at radius 2 is 2.38 bits per heavy atom. The first-order valence-electron chi connectivity index (χ1n) is 3.93. The van der Waals surface area contributed by atoms with Crippen LogP contribution < -0.4 is 5.32 Å². The number of fused-ring (bicyclic) bond motifs is 1. The number of hydrogen-bond donors (Lipinski definition) is 2. The molecule has 1 aromatic carbocycles. The summed E-state index contributed by atoms with van der Waals surface area (Å²) in [7, 11) is 0. The molecule has 1 aliphatic heterocycles. The molecule has 68 valence electrons. The number of carboxylic acid groups (broad SMARTS) is 1. The molecule has 0 amide bonds. The van der Waals surface area contributed by atoms with Crippen LogP contribution in [0.2, 0.25) is 5.02 Å². The fourth-order valence-corrected chi connectivity index (χ4v) is 1.75. The van der Waals surface area contributed by atoms with Gasteiger partial charge in [0.05, 0.1) is 0 Å². The third-order valence-electron chi connectivity index (χ3n) is 2.16. The van der Waals surface area contributed by atoms with E-state index in [1.807, 2.05) is 0 Å². The summed E-state index contributed by atoms with van der Waals surface area (Å²) in [6, 6.07) is 4.69. The standard InChI is InChI=1S/C9H8ClNO2/c10-6-1-2-7-5(3-6)4-11-8(7)9(12)13/h1-3,8,11H,4H2,(H,12,13)/t8-/m0/s1. The van der Waals surface area contributed by atoms with E-state index in [1.54, 1.807) is 18.2 Å². The predicted molar refractivity (Wildman–Crippen MR) is 48.7 cm³/mol. The number of hydrogen-bond acceptors (Lipinski definition) is 2. The van der Waals surface area contributed by atoms with Gasteiger partial charge in [-0.15, -0.1) is 0 Å². The first-order chi connectivity index (χ1) is 6.18. The Hall–Kier alpha value is -1.06. The molecule has 1 aliphatic rings. The molecule has 0 unspecified atom stereocenters. The van der Waals surface area contributed by atoms with Crippen LogP contribution in [-0.2, 0) is 11.3 Å². The van der Waals surface area contributed by atoms with Crippen molar-refractivity contribution in [2.24, 2.45) is 0 Å². The monoisotopic (exact) mass is 197 g/mol. The van der Waals surface area contributed by atoms with Crippen molar-refractivity contribution in [3.63, 3.8) is 0 Å². The molecule has 13 heavy (non-hydrogen) atoms. The molecule has 0 fully saturated rings. The summed E-state index contributed by atoms with van der Waals surface area (Å²) in [5.41, 5.74) is 1.79. The topological polar surface area (TPSA) is 49.3 Å². The lowest BCUT2D eigenvalue weighted by Gasteiger charge is -2.04. The molecule has 0 aliphatic carbocycles. The third-order valence-corrected chi connectivity index (χ3v) is 2.39. The zero-order chi connectivity index (χ0) is 9.42. The predicted octanol–water partition coefficient (Wildman–Crippen LogP) is 1.57. The quantitative estimate of drug-likeness (QED) is 0.719. The van der Waals surface area contributed by atoms with E-state index in [9.17, 15) is 4.79 Å². The normalized spacial score (nSPS) is 19.9. The van der Waals surface area contributed by atoms with E-state index >= 15 is 0 Å². The highest BCUT2D eigenvalue weighted by atomic mass is 35.5. The summed E-state index contributed by atoms with van der Waals surface area (Å²) in [4.78, 5) is 10.8. The first kappa shape index (κ1) is 8.53. The van der Waals surface area contributed by atoms with Gasteiger partial charge in [0.2, 0.25) is 0 Å². The SMILES string of the molecule is O=C(O)[C@H]1NCc2cc(Cl)ccc21. The summed E-state index contributed by atoms with van der Waals surface area (Å²) in [5.74, 6) is -0.846. The van der Waals surface area contributed by atoms with Crippen molar-refractivity contribution in [1.82, 2.24) is 5.32 Å². The number of benzene rings is 1. The molecule has 0 aromatic heterocycles. The molecule has 1 aromatic rings. The van der Waals surface area contributed by atoms with E-state index in [1.165, 1.54) is 0 Å². The summed E-state index contributed by atoms with van der Waals surface area (Å²) < 4.78 is 0. The van der Waals surface area contributed by atoms with Crippen molar-refractivity contribution in [1.29, 1.82) is 0 Å². The molecule has 0 radical (unpaired) electrons. The largest absolute Gasteiger partial charge is 0.480 e. The molecule has 1 atom stereocenters. The van der Waals surface area contributed by atoms with Crippen LogP contribution in [0, 0.1) is 0 Å². The van der Waals surface area contributed by atoms with Crippen molar-refractivity contribution in [3.8, 4) is 0 Å². The molecular formula is C9H8ClNO2. The fourth-order valence-electron chi connectivity index (χ4n) is 1.55. The molecule has 0 bridgehead atoms. The maximum Gasteiger partial charge on any atom is 0.325 e. The maximum atomic E-state index is 10.8. The Labute approximate surface area is 80.3 Å². The first-order valence-corrected chi connectivity index (χ1v) is 4.31. The smallest absolute Gasteiger partial charge is 0.325 e. The Balaban J connectivity index is 2.44. The van der Waals surface area contributed by atoms with Crippen LogP contribution in [0.3, 0.4) is 0 Å². The van der Waals surface area contributed by atoms with Crippen molar-refractivity contribution in [2.45, 2.75) is 12.6 Å². The average Bonchev–Trinajstić information content (AvgIpc) is 2.46. The van der Waals surface area contributed by atoms with Crippen molar-refractivity contribution in [3.05, 3.63) is 34.3 Å². The van der Waals surface area contributed by atoms with Gasteiger partial charge >= 0.3 is 5.97 Å². The molecule has 1 heterocycles. The van der Waals surface area contributed by atoms with Gasteiger partial charge in [0.1, 0.15) is 6.04 Å². The van der Waals surface area contributed by atoms with E-state index in [-0.39, 0.29) is 0 Å². The minimum atomic E-state index is -0.846. The number of halogens is 1. The highest BCUT2D eigenvalue weighted by Gasteiger charge is 2.27. The Bertz CT molecular complexity index is 365. The minimum Gasteiger partial charge on any atom is -0.480 e.